The third-order valence-corrected chi connectivity index (χ3v) is 3.24. The minimum atomic E-state index is -0.548. The summed E-state index contributed by atoms with van der Waals surface area (Å²) in [5, 5.41) is 4.53. The number of carbonyl (C=O) groups is 2. The van der Waals surface area contributed by atoms with Gasteiger partial charge in [-0.25, -0.2) is 9.18 Å². The van der Waals surface area contributed by atoms with Gasteiger partial charge in [-0.2, -0.15) is 0 Å². The van der Waals surface area contributed by atoms with Crippen molar-refractivity contribution in [2.75, 3.05) is 0 Å². The highest BCUT2D eigenvalue weighted by Gasteiger charge is 2.22. The number of carbonyl (C=O) groups excluding carboxylic acids is 2. The SMILES string of the molecule is O=C1NC(=O)/C(=C\c2cccc(OCc3ccccc3F)c2)N1. The summed E-state index contributed by atoms with van der Waals surface area (Å²) in [5.74, 6) is -0.267. The zero-order valence-electron chi connectivity index (χ0n) is 12.0. The van der Waals surface area contributed by atoms with E-state index in [0.717, 1.165) is 0 Å². The Bertz CT molecular complexity index is 802. The van der Waals surface area contributed by atoms with Crippen molar-refractivity contribution in [3.63, 3.8) is 0 Å². The summed E-state index contributed by atoms with van der Waals surface area (Å²) in [5.41, 5.74) is 1.31. The Labute approximate surface area is 131 Å². The summed E-state index contributed by atoms with van der Waals surface area (Å²) >= 11 is 0. The monoisotopic (exact) mass is 312 g/mol. The molecule has 0 saturated carbocycles. The molecule has 116 valence electrons. The minimum Gasteiger partial charge on any atom is -0.489 e. The molecule has 3 rings (SSSR count). The molecule has 2 aromatic carbocycles. The van der Waals surface area contributed by atoms with Crippen molar-refractivity contribution in [1.82, 2.24) is 10.6 Å². The van der Waals surface area contributed by atoms with Crippen LogP contribution in [0.15, 0.2) is 54.2 Å². The fraction of sp³-hybridized carbons (Fsp3) is 0.0588. The third kappa shape index (κ3) is 3.55. The Morgan fingerprint density at radius 2 is 1.87 bits per heavy atom. The number of rotatable bonds is 4. The van der Waals surface area contributed by atoms with Crippen LogP contribution in [-0.2, 0) is 11.4 Å². The van der Waals surface area contributed by atoms with E-state index in [1.165, 1.54) is 12.1 Å². The van der Waals surface area contributed by atoms with E-state index in [1.54, 1.807) is 42.5 Å². The van der Waals surface area contributed by atoms with E-state index in [2.05, 4.69) is 10.6 Å². The van der Waals surface area contributed by atoms with Gasteiger partial charge < -0.3 is 10.1 Å². The van der Waals surface area contributed by atoms with Crippen LogP contribution in [0, 0.1) is 5.82 Å². The zero-order valence-corrected chi connectivity index (χ0v) is 12.0. The molecule has 6 heteroatoms. The lowest BCUT2D eigenvalue weighted by Crippen LogP contribution is -2.22. The van der Waals surface area contributed by atoms with E-state index in [-0.39, 0.29) is 18.1 Å². The first-order chi connectivity index (χ1) is 11.1. The third-order valence-electron chi connectivity index (χ3n) is 3.24. The Balaban J connectivity index is 1.73. The number of hydrogen-bond acceptors (Lipinski definition) is 3. The largest absolute Gasteiger partial charge is 0.489 e. The average molecular weight is 312 g/mol. The van der Waals surface area contributed by atoms with E-state index < -0.39 is 11.9 Å². The summed E-state index contributed by atoms with van der Waals surface area (Å²) in [6, 6.07) is 12.8. The molecule has 0 atom stereocenters. The first kappa shape index (κ1) is 14.8. The van der Waals surface area contributed by atoms with Crippen LogP contribution in [0.3, 0.4) is 0 Å². The molecule has 3 amide bonds. The lowest BCUT2D eigenvalue weighted by molar-refractivity contribution is -0.115. The topological polar surface area (TPSA) is 67.4 Å². The van der Waals surface area contributed by atoms with Crippen molar-refractivity contribution in [1.29, 1.82) is 0 Å². The van der Waals surface area contributed by atoms with Gasteiger partial charge in [-0.15, -0.1) is 0 Å². The van der Waals surface area contributed by atoms with E-state index in [0.29, 0.717) is 16.9 Å². The van der Waals surface area contributed by atoms with Crippen molar-refractivity contribution in [3.05, 3.63) is 71.2 Å². The summed E-state index contributed by atoms with van der Waals surface area (Å²) < 4.78 is 19.1. The van der Waals surface area contributed by atoms with Crippen LogP contribution in [0.2, 0.25) is 0 Å². The van der Waals surface area contributed by atoms with Gasteiger partial charge in [0.05, 0.1) is 0 Å². The lowest BCUT2D eigenvalue weighted by Gasteiger charge is -2.08. The van der Waals surface area contributed by atoms with Crippen LogP contribution in [0.25, 0.3) is 6.08 Å². The number of amides is 3. The molecule has 0 aliphatic carbocycles. The van der Waals surface area contributed by atoms with Gasteiger partial charge in [-0.3, -0.25) is 10.1 Å². The zero-order chi connectivity index (χ0) is 16.2. The summed E-state index contributed by atoms with van der Waals surface area (Å²) in [7, 11) is 0. The van der Waals surface area contributed by atoms with E-state index >= 15 is 0 Å². The van der Waals surface area contributed by atoms with Gasteiger partial charge in [0.15, 0.2) is 0 Å². The maximum atomic E-state index is 13.5. The second-order valence-corrected chi connectivity index (χ2v) is 4.92. The number of ether oxygens (including phenoxy) is 1. The molecule has 1 aliphatic rings. The van der Waals surface area contributed by atoms with Gasteiger partial charge in [-0.05, 0) is 29.8 Å². The molecule has 0 spiro atoms. The molecule has 2 N–H and O–H groups in total. The Morgan fingerprint density at radius 1 is 1.04 bits per heavy atom. The Hall–Kier alpha value is -3.15. The van der Waals surface area contributed by atoms with E-state index in [9.17, 15) is 14.0 Å². The second kappa shape index (κ2) is 6.31. The molecule has 0 aromatic heterocycles. The molecule has 0 unspecified atom stereocenters. The smallest absolute Gasteiger partial charge is 0.326 e. The Morgan fingerprint density at radius 3 is 2.61 bits per heavy atom. The predicted octanol–water partition coefficient (Wildman–Crippen LogP) is 2.59. The highest BCUT2D eigenvalue weighted by Crippen LogP contribution is 2.18. The van der Waals surface area contributed by atoms with Gasteiger partial charge in [0.25, 0.3) is 5.91 Å². The standard InChI is InChI=1S/C17H13FN2O3/c18-14-7-2-1-5-12(14)10-23-13-6-3-4-11(8-13)9-15-16(21)20-17(22)19-15/h1-9H,10H2,(H2,19,20,21,22)/b15-9+. The van der Waals surface area contributed by atoms with Crippen LogP contribution in [-0.4, -0.2) is 11.9 Å². The maximum Gasteiger partial charge on any atom is 0.326 e. The molecule has 1 heterocycles. The average Bonchev–Trinajstić information content (AvgIpc) is 2.84. The van der Waals surface area contributed by atoms with Gasteiger partial charge in [-0.1, -0.05) is 30.3 Å². The Kier molecular flexibility index (Phi) is 4.05. The van der Waals surface area contributed by atoms with E-state index in [4.69, 9.17) is 4.74 Å². The molecule has 1 saturated heterocycles. The maximum absolute atomic E-state index is 13.5. The normalized spacial score (nSPS) is 15.4. The molecular formula is C17H13FN2O3. The van der Waals surface area contributed by atoms with Crippen LogP contribution >= 0.6 is 0 Å². The number of benzene rings is 2. The quantitative estimate of drug-likeness (QED) is 0.673. The molecule has 1 aliphatic heterocycles. The molecule has 0 bridgehead atoms. The van der Waals surface area contributed by atoms with Crippen molar-refractivity contribution in [2.24, 2.45) is 0 Å². The van der Waals surface area contributed by atoms with Crippen LogP contribution < -0.4 is 15.4 Å². The molecule has 23 heavy (non-hydrogen) atoms. The molecule has 0 radical (unpaired) electrons. The van der Waals surface area contributed by atoms with E-state index in [1.807, 2.05) is 0 Å². The summed E-state index contributed by atoms with van der Waals surface area (Å²) in [6.07, 6.45) is 1.54. The molecule has 1 fully saturated rings. The number of halogens is 1. The number of urea groups is 1. The summed E-state index contributed by atoms with van der Waals surface area (Å²) in [6.45, 7) is 0.101. The minimum absolute atomic E-state index is 0.101. The van der Waals surface area contributed by atoms with Crippen LogP contribution in [0.5, 0.6) is 5.75 Å². The van der Waals surface area contributed by atoms with Gasteiger partial charge in [0.1, 0.15) is 23.9 Å². The lowest BCUT2D eigenvalue weighted by atomic mass is 10.2. The molecule has 2 aromatic rings. The fourth-order valence-corrected chi connectivity index (χ4v) is 2.12. The van der Waals surface area contributed by atoms with Crippen LogP contribution in [0.4, 0.5) is 9.18 Å². The van der Waals surface area contributed by atoms with Crippen LogP contribution in [0.1, 0.15) is 11.1 Å². The second-order valence-electron chi connectivity index (χ2n) is 4.92. The highest BCUT2D eigenvalue weighted by molar-refractivity contribution is 6.13. The van der Waals surface area contributed by atoms with Crippen molar-refractivity contribution < 1.29 is 18.7 Å². The number of nitrogens with one attached hydrogen (secondary N) is 2. The first-order valence-corrected chi connectivity index (χ1v) is 6.92. The highest BCUT2D eigenvalue weighted by atomic mass is 19.1. The summed E-state index contributed by atoms with van der Waals surface area (Å²) in [4.78, 5) is 22.6. The van der Waals surface area contributed by atoms with Gasteiger partial charge in [0.2, 0.25) is 0 Å². The fourth-order valence-electron chi connectivity index (χ4n) is 2.12. The van der Waals surface area contributed by atoms with Crippen molar-refractivity contribution in [3.8, 4) is 5.75 Å². The molecule has 5 nitrogen and oxygen atoms in total. The number of hydrogen-bond donors (Lipinski definition) is 2. The van der Waals surface area contributed by atoms with Crippen molar-refractivity contribution in [2.45, 2.75) is 6.61 Å². The number of imide groups is 1. The van der Waals surface area contributed by atoms with Gasteiger partial charge in [0, 0.05) is 5.56 Å². The molecular weight excluding hydrogens is 299 g/mol. The van der Waals surface area contributed by atoms with Crippen molar-refractivity contribution >= 4 is 18.0 Å². The first-order valence-electron chi connectivity index (χ1n) is 6.92. The predicted molar refractivity (Wildman–Crippen MR) is 81.8 cm³/mol. The van der Waals surface area contributed by atoms with Gasteiger partial charge >= 0.3 is 6.03 Å².